The molecule has 5 rings (SSSR count). The molecule has 2 aromatic carbocycles. The van der Waals surface area contributed by atoms with Gasteiger partial charge in [0.05, 0.1) is 11.8 Å². The average molecular weight is 494 g/mol. The van der Waals surface area contributed by atoms with Crippen LogP contribution < -0.4 is 4.90 Å². The van der Waals surface area contributed by atoms with Gasteiger partial charge in [-0.2, -0.15) is 17.9 Å². The molecular formula is C25H21F3N6O2. The lowest BCUT2D eigenvalue weighted by molar-refractivity contribution is -0.137. The third kappa shape index (κ3) is 4.85. The Kier molecular flexibility index (Phi) is 6.28. The molecule has 1 saturated heterocycles. The number of rotatable bonds is 5. The van der Waals surface area contributed by atoms with Gasteiger partial charge >= 0.3 is 6.18 Å². The van der Waals surface area contributed by atoms with Gasteiger partial charge in [0.15, 0.2) is 5.82 Å². The first-order valence-corrected chi connectivity index (χ1v) is 11.2. The Morgan fingerprint density at radius 3 is 2.42 bits per heavy atom. The summed E-state index contributed by atoms with van der Waals surface area (Å²) in [5, 5.41) is 11.9. The van der Waals surface area contributed by atoms with Crippen molar-refractivity contribution in [3.05, 3.63) is 84.3 Å². The highest BCUT2D eigenvalue weighted by molar-refractivity contribution is 6.18. The van der Waals surface area contributed by atoms with Gasteiger partial charge in [0.2, 0.25) is 0 Å². The van der Waals surface area contributed by atoms with Crippen molar-refractivity contribution < 1.29 is 22.4 Å². The summed E-state index contributed by atoms with van der Waals surface area (Å²) in [6, 6.07) is 17.9. The maximum absolute atomic E-state index is 13.7. The van der Waals surface area contributed by atoms with E-state index in [4.69, 9.17) is 4.42 Å². The van der Waals surface area contributed by atoms with Gasteiger partial charge in [-0.05, 0) is 40.8 Å². The molecule has 36 heavy (non-hydrogen) atoms. The number of carbonyl (C=O) groups excluding carboxylic acids is 1. The number of piperazine rings is 1. The molecular weight excluding hydrogens is 473 g/mol. The molecule has 0 saturated carbocycles. The zero-order valence-electron chi connectivity index (χ0n) is 19.0. The molecule has 0 N–H and O–H groups in total. The van der Waals surface area contributed by atoms with Crippen LogP contribution in [0.1, 0.15) is 11.3 Å². The van der Waals surface area contributed by atoms with Crippen LogP contribution >= 0.6 is 0 Å². The highest BCUT2D eigenvalue weighted by atomic mass is 19.4. The second-order valence-electron chi connectivity index (χ2n) is 8.15. The summed E-state index contributed by atoms with van der Waals surface area (Å²) in [4.78, 5) is 17.1. The number of hydrogen-bond donors (Lipinski definition) is 0. The maximum atomic E-state index is 13.7. The van der Waals surface area contributed by atoms with Gasteiger partial charge in [-0.15, -0.1) is 5.10 Å². The van der Waals surface area contributed by atoms with Gasteiger partial charge in [-0.3, -0.25) is 4.79 Å². The van der Waals surface area contributed by atoms with E-state index in [1.807, 2.05) is 35.2 Å². The van der Waals surface area contributed by atoms with Gasteiger partial charge in [0.1, 0.15) is 11.5 Å². The Labute approximate surface area is 204 Å². The number of alkyl halides is 3. The summed E-state index contributed by atoms with van der Waals surface area (Å²) in [5.41, 5.74) is 0.695. The SMILES string of the molecule is O=C(C(=Cc1ccco1)n1nnnc1-c1ccccc1)N1CCN(c2cccc(C(F)(F)F)c2)CC1. The molecule has 1 aliphatic heterocycles. The fraction of sp³-hybridized carbons (Fsp3) is 0.200. The van der Waals surface area contributed by atoms with E-state index in [0.29, 0.717) is 43.5 Å². The second-order valence-corrected chi connectivity index (χ2v) is 8.15. The number of amides is 1. The number of benzene rings is 2. The number of tetrazole rings is 1. The topological polar surface area (TPSA) is 80.3 Å². The summed E-state index contributed by atoms with van der Waals surface area (Å²) in [5.74, 6) is 0.527. The lowest BCUT2D eigenvalue weighted by Crippen LogP contribution is -2.49. The molecule has 3 heterocycles. The Morgan fingerprint density at radius 1 is 0.944 bits per heavy atom. The predicted molar refractivity (Wildman–Crippen MR) is 126 cm³/mol. The van der Waals surface area contributed by atoms with E-state index in [1.165, 1.54) is 17.0 Å². The molecule has 1 aliphatic rings. The van der Waals surface area contributed by atoms with Crippen LogP contribution in [0.3, 0.4) is 0 Å². The van der Waals surface area contributed by atoms with E-state index in [9.17, 15) is 18.0 Å². The van der Waals surface area contributed by atoms with Crippen molar-refractivity contribution in [1.29, 1.82) is 0 Å². The fourth-order valence-electron chi connectivity index (χ4n) is 4.05. The van der Waals surface area contributed by atoms with E-state index in [0.717, 1.165) is 17.7 Å². The molecule has 8 nitrogen and oxygen atoms in total. The number of halogens is 3. The van der Waals surface area contributed by atoms with Gasteiger partial charge in [0, 0.05) is 43.5 Å². The molecule has 0 spiro atoms. The number of hydrogen-bond acceptors (Lipinski definition) is 6. The molecule has 2 aromatic heterocycles. The predicted octanol–water partition coefficient (Wildman–Crippen LogP) is 4.30. The molecule has 1 fully saturated rings. The number of anilines is 1. The van der Waals surface area contributed by atoms with Crippen LogP contribution in [0.4, 0.5) is 18.9 Å². The van der Waals surface area contributed by atoms with Gasteiger partial charge < -0.3 is 14.2 Å². The first kappa shape index (κ1) is 23.3. The van der Waals surface area contributed by atoms with Crippen LogP contribution in [0.15, 0.2) is 77.4 Å². The zero-order valence-corrected chi connectivity index (χ0v) is 19.0. The zero-order chi connectivity index (χ0) is 25.1. The van der Waals surface area contributed by atoms with E-state index in [1.54, 1.807) is 29.2 Å². The molecule has 0 aliphatic carbocycles. The normalized spacial score (nSPS) is 14.8. The molecule has 0 unspecified atom stereocenters. The minimum atomic E-state index is -4.42. The van der Waals surface area contributed by atoms with E-state index < -0.39 is 11.7 Å². The summed E-state index contributed by atoms with van der Waals surface area (Å²) in [6.07, 6.45) is -1.34. The van der Waals surface area contributed by atoms with Gasteiger partial charge in [0.25, 0.3) is 5.91 Å². The van der Waals surface area contributed by atoms with Crippen molar-refractivity contribution in [1.82, 2.24) is 25.1 Å². The van der Waals surface area contributed by atoms with E-state index in [-0.39, 0.29) is 11.6 Å². The van der Waals surface area contributed by atoms with Crippen molar-refractivity contribution in [2.45, 2.75) is 6.18 Å². The third-order valence-electron chi connectivity index (χ3n) is 5.88. The smallest absolute Gasteiger partial charge is 0.416 e. The Bertz CT molecular complexity index is 1360. The molecule has 0 atom stereocenters. The standard InChI is InChI=1S/C25H21F3N6O2/c26-25(27,28)19-8-4-9-20(16-19)32-11-13-33(14-12-32)24(35)22(17-21-10-5-15-36-21)34-23(29-30-31-34)18-6-2-1-3-7-18/h1-10,15-17H,11-14H2. The van der Waals surface area contributed by atoms with Crippen LogP contribution in [-0.4, -0.2) is 57.2 Å². The summed E-state index contributed by atoms with van der Waals surface area (Å²) in [6.45, 7) is 1.38. The van der Waals surface area contributed by atoms with Crippen LogP contribution in [0.2, 0.25) is 0 Å². The van der Waals surface area contributed by atoms with E-state index >= 15 is 0 Å². The second kappa shape index (κ2) is 9.68. The van der Waals surface area contributed by atoms with Crippen LogP contribution in [0.25, 0.3) is 23.2 Å². The Hall–Kier alpha value is -4.41. The number of aromatic nitrogens is 4. The first-order chi connectivity index (χ1) is 17.4. The molecule has 0 radical (unpaired) electrons. The van der Waals surface area contributed by atoms with E-state index in [2.05, 4.69) is 15.5 Å². The van der Waals surface area contributed by atoms with Gasteiger partial charge in [-0.25, -0.2) is 0 Å². The highest BCUT2D eigenvalue weighted by Gasteiger charge is 2.32. The highest BCUT2D eigenvalue weighted by Crippen LogP contribution is 2.32. The maximum Gasteiger partial charge on any atom is 0.416 e. The minimum absolute atomic E-state index is 0.196. The van der Waals surface area contributed by atoms with Crippen LogP contribution in [-0.2, 0) is 11.0 Å². The first-order valence-electron chi connectivity index (χ1n) is 11.2. The fourth-order valence-corrected chi connectivity index (χ4v) is 4.05. The lowest BCUT2D eigenvalue weighted by atomic mass is 10.1. The molecule has 1 amide bonds. The van der Waals surface area contributed by atoms with Crippen LogP contribution in [0.5, 0.6) is 0 Å². The minimum Gasteiger partial charge on any atom is -0.465 e. The molecule has 184 valence electrons. The van der Waals surface area contributed by atoms with Crippen LogP contribution in [0, 0.1) is 0 Å². The molecule has 4 aromatic rings. The average Bonchev–Trinajstić information content (AvgIpc) is 3.59. The Balaban J connectivity index is 1.39. The summed E-state index contributed by atoms with van der Waals surface area (Å²) < 4.78 is 46.2. The van der Waals surface area contributed by atoms with Gasteiger partial charge in [-0.1, -0.05) is 36.4 Å². The summed E-state index contributed by atoms with van der Waals surface area (Å²) >= 11 is 0. The van der Waals surface area contributed by atoms with Crippen molar-refractivity contribution in [3.8, 4) is 11.4 Å². The Morgan fingerprint density at radius 2 is 1.72 bits per heavy atom. The largest absolute Gasteiger partial charge is 0.465 e. The number of carbonyl (C=O) groups is 1. The summed E-state index contributed by atoms with van der Waals surface area (Å²) in [7, 11) is 0. The third-order valence-corrected chi connectivity index (χ3v) is 5.88. The molecule has 0 bridgehead atoms. The van der Waals surface area contributed by atoms with Crippen molar-refractivity contribution in [3.63, 3.8) is 0 Å². The van der Waals surface area contributed by atoms with Crippen molar-refractivity contribution in [2.75, 3.05) is 31.1 Å². The molecule has 11 heteroatoms. The monoisotopic (exact) mass is 494 g/mol. The number of nitrogens with zero attached hydrogens (tertiary/aromatic N) is 6. The number of furan rings is 1. The lowest BCUT2D eigenvalue weighted by Gasteiger charge is -2.36. The quantitative estimate of drug-likeness (QED) is 0.385. The van der Waals surface area contributed by atoms with Crippen molar-refractivity contribution >= 4 is 23.4 Å². The van der Waals surface area contributed by atoms with Crippen molar-refractivity contribution in [2.24, 2.45) is 0 Å².